The quantitative estimate of drug-likeness (QED) is 0.309. The lowest BCUT2D eigenvalue weighted by Gasteiger charge is -2.36. The molecule has 0 radical (unpaired) electrons. The highest BCUT2D eigenvalue weighted by molar-refractivity contribution is 6.61. The minimum atomic E-state index is -1.03. The van der Waals surface area contributed by atoms with Crippen LogP contribution >= 0.6 is 0 Å². The van der Waals surface area contributed by atoms with E-state index in [-0.39, 0.29) is 0 Å². The lowest BCUT2D eigenvalue weighted by atomic mass is 9.77. The molecule has 0 N–H and O–H groups in total. The van der Waals surface area contributed by atoms with Crippen LogP contribution in [0.5, 0.6) is 0 Å². The Hall–Kier alpha value is -3.22. The molecule has 0 atom stereocenters. The van der Waals surface area contributed by atoms with Gasteiger partial charge in [0.25, 0.3) is 0 Å². The Morgan fingerprint density at radius 2 is 1.09 bits per heavy atom. The van der Waals surface area contributed by atoms with Crippen molar-refractivity contribution in [2.24, 2.45) is 0 Å². The minimum absolute atomic E-state index is 0.406. The Bertz CT molecular complexity index is 1160. The smallest absolute Gasteiger partial charge is 0.398 e. The van der Waals surface area contributed by atoms with Crippen molar-refractivity contribution in [3.05, 3.63) is 120 Å². The molecule has 4 nitrogen and oxygen atoms in total. The minimum Gasteiger partial charge on any atom is -0.398 e. The molecule has 1 aromatic heterocycles. The summed E-state index contributed by atoms with van der Waals surface area (Å²) in [5.74, 6) is -0.471. The Morgan fingerprint density at radius 3 is 1.47 bits per heavy atom. The van der Waals surface area contributed by atoms with E-state index in [4.69, 9.17) is 14.4 Å². The first-order chi connectivity index (χ1) is 16.3. The molecule has 0 saturated carbocycles. The van der Waals surface area contributed by atoms with E-state index < -0.39 is 29.8 Å². The van der Waals surface area contributed by atoms with Gasteiger partial charge in [0.2, 0.25) is 5.95 Å². The summed E-state index contributed by atoms with van der Waals surface area (Å²) in [5.41, 5.74) is 0.971. The monoisotopic (exact) mass is 454 g/mol. The largest absolute Gasteiger partial charge is 0.516 e. The molecule has 0 unspecified atom stereocenters. The first-order valence-corrected chi connectivity index (χ1v) is 11.5. The Kier molecular flexibility index (Phi) is 5.46. The van der Waals surface area contributed by atoms with Gasteiger partial charge >= 0.3 is 7.12 Å². The fourth-order valence-electron chi connectivity index (χ4n) is 4.59. The third-order valence-corrected chi connectivity index (χ3v) is 7.07. The average Bonchev–Trinajstić information content (AvgIpc) is 3.32. The molecule has 1 aliphatic heterocycles. The van der Waals surface area contributed by atoms with Crippen LogP contribution in [0.1, 0.15) is 44.4 Å². The predicted molar refractivity (Wildman–Crippen MR) is 133 cm³/mol. The van der Waals surface area contributed by atoms with Crippen LogP contribution in [0.2, 0.25) is 0 Å². The number of hydrogen-bond donors (Lipinski definition) is 0. The van der Waals surface area contributed by atoms with E-state index in [0.717, 1.165) is 16.7 Å². The van der Waals surface area contributed by atoms with Crippen LogP contribution in [0.3, 0.4) is 0 Å². The molecule has 5 rings (SSSR count). The van der Waals surface area contributed by atoms with Gasteiger partial charge in [0.05, 0.1) is 16.8 Å². The zero-order valence-corrected chi connectivity index (χ0v) is 19.9. The van der Waals surface area contributed by atoms with Crippen LogP contribution in [0.4, 0.5) is 4.39 Å². The second-order valence-electron chi connectivity index (χ2n) is 9.70. The molecule has 0 bridgehead atoms. The molecule has 2 heterocycles. The van der Waals surface area contributed by atoms with Gasteiger partial charge in [0.15, 0.2) is 0 Å². The van der Waals surface area contributed by atoms with E-state index in [0.29, 0.717) is 5.59 Å². The predicted octanol–water partition coefficient (Wildman–Crippen LogP) is 5.16. The number of rotatable bonds is 5. The van der Waals surface area contributed by atoms with Crippen molar-refractivity contribution in [1.29, 1.82) is 0 Å². The fourth-order valence-corrected chi connectivity index (χ4v) is 4.59. The number of aromatic nitrogens is 2. The third-order valence-electron chi connectivity index (χ3n) is 7.07. The van der Waals surface area contributed by atoms with Crippen LogP contribution in [0.15, 0.2) is 97.1 Å². The normalized spacial score (nSPS) is 17.1. The van der Waals surface area contributed by atoms with Crippen molar-refractivity contribution < 1.29 is 13.7 Å². The maximum atomic E-state index is 16.0. The molecule has 4 aromatic rings. The number of hydrogen-bond acceptors (Lipinski definition) is 3. The summed E-state index contributed by atoms with van der Waals surface area (Å²) in [4.78, 5) is 0. The molecule has 0 amide bonds. The van der Waals surface area contributed by atoms with Gasteiger partial charge in [0.1, 0.15) is 5.54 Å². The summed E-state index contributed by atoms with van der Waals surface area (Å²) >= 11 is 0. The van der Waals surface area contributed by atoms with E-state index in [1.807, 2.05) is 119 Å². The Balaban J connectivity index is 1.77. The molecule has 34 heavy (non-hydrogen) atoms. The van der Waals surface area contributed by atoms with Crippen LogP contribution in [0.25, 0.3) is 0 Å². The van der Waals surface area contributed by atoms with Gasteiger partial charge < -0.3 is 9.31 Å². The van der Waals surface area contributed by atoms with Crippen LogP contribution in [0, 0.1) is 5.95 Å². The van der Waals surface area contributed by atoms with Gasteiger partial charge in [-0.3, -0.25) is 0 Å². The molecule has 3 aromatic carbocycles. The Labute approximate surface area is 200 Å². The van der Waals surface area contributed by atoms with Gasteiger partial charge in [-0.15, -0.1) is 0 Å². The topological polar surface area (TPSA) is 36.3 Å². The summed E-state index contributed by atoms with van der Waals surface area (Å²) in [7, 11) is -0.763. The lowest BCUT2D eigenvalue weighted by Crippen LogP contribution is -2.42. The van der Waals surface area contributed by atoms with Crippen LogP contribution in [-0.4, -0.2) is 28.1 Å². The van der Waals surface area contributed by atoms with Crippen molar-refractivity contribution in [2.75, 3.05) is 0 Å². The van der Waals surface area contributed by atoms with E-state index >= 15 is 4.39 Å². The first kappa shape index (κ1) is 22.6. The van der Waals surface area contributed by atoms with Gasteiger partial charge in [-0.1, -0.05) is 91.0 Å². The molecule has 1 fully saturated rings. The average molecular weight is 454 g/mol. The lowest BCUT2D eigenvalue weighted by molar-refractivity contribution is 0.00578. The maximum absolute atomic E-state index is 16.0. The summed E-state index contributed by atoms with van der Waals surface area (Å²) < 4.78 is 29.8. The SMILES string of the molecule is CC1(C)OB(c2cc(F)n(C(c3ccccc3)(c3ccccc3)c3ccccc3)n2)OC1(C)C. The van der Waals surface area contributed by atoms with Gasteiger partial charge in [-0.2, -0.15) is 9.49 Å². The molecule has 1 saturated heterocycles. The molecular formula is C28H28BFN2O2. The first-order valence-electron chi connectivity index (χ1n) is 11.5. The van der Waals surface area contributed by atoms with Crippen molar-refractivity contribution in [2.45, 2.75) is 44.4 Å². The molecule has 1 aliphatic rings. The zero-order valence-electron chi connectivity index (χ0n) is 19.9. The van der Waals surface area contributed by atoms with E-state index in [1.165, 1.54) is 10.7 Å². The van der Waals surface area contributed by atoms with Crippen LogP contribution < -0.4 is 5.59 Å². The van der Waals surface area contributed by atoms with Gasteiger partial charge in [-0.25, -0.2) is 4.68 Å². The van der Waals surface area contributed by atoms with Crippen molar-refractivity contribution in [3.8, 4) is 0 Å². The second-order valence-corrected chi connectivity index (χ2v) is 9.70. The molecule has 6 heteroatoms. The van der Waals surface area contributed by atoms with E-state index in [9.17, 15) is 0 Å². The highest BCUT2D eigenvalue weighted by Crippen LogP contribution is 2.41. The standard InChI is InChI=1S/C28H28BFN2O2/c1-26(2)27(3,4)34-29(33-26)24-20-25(30)32(31-24)28(21-14-8-5-9-15-21,22-16-10-6-11-17-22)23-18-12-7-13-19-23/h5-20H,1-4H3. The third kappa shape index (κ3) is 3.49. The van der Waals surface area contributed by atoms with Crippen molar-refractivity contribution >= 4 is 12.7 Å². The molecular weight excluding hydrogens is 426 g/mol. The summed E-state index contributed by atoms with van der Waals surface area (Å²) in [6.07, 6.45) is 0. The van der Waals surface area contributed by atoms with Gasteiger partial charge in [-0.05, 0) is 44.4 Å². The van der Waals surface area contributed by atoms with Crippen molar-refractivity contribution in [3.63, 3.8) is 0 Å². The fraction of sp³-hybridized carbons (Fsp3) is 0.250. The highest BCUT2D eigenvalue weighted by atomic mass is 19.1. The second kappa shape index (κ2) is 8.22. The Morgan fingerprint density at radius 1 is 0.706 bits per heavy atom. The number of benzene rings is 3. The molecule has 0 spiro atoms. The highest BCUT2D eigenvalue weighted by Gasteiger charge is 2.53. The van der Waals surface area contributed by atoms with E-state index in [2.05, 4.69) is 0 Å². The van der Waals surface area contributed by atoms with Gasteiger partial charge in [0, 0.05) is 6.07 Å². The van der Waals surface area contributed by atoms with Crippen LogP contribution in [-0.2, 0) is 14.8 Å². The molecule has 0 aliphatic carbocycles. The summed E-state index contributed by atoms with van der Waals surface area (Å²) in [6, 6.07) is 31.1. The summed E-state index contributed by atoms with van der Waals surface area (Å²) in [6.45, 7) is 7.90. The van der Waals surface area contributed by atoms with E-state index in [1.54, 1.807) is 0 Å². The zero-order chi connectivity index (χ0) is 24.0. The summed E-state index contributed by atoms with van der Waals surface area (Å²) in [5, 5.41) is 4.82. The number of halogens is 1. The van der Waals surface area contributed by atoms with Crippen molar-refractivity contribution in [1.82, 2.24) is 9.78 Å². The number of nitrogens with zero attached hydrogens (tertiary/aromatic N) is 2. The maximum Gasteiger partial charge on any atom is 0.516 e. The molecule has 172 valence electrons.